The number of nitrogens with zero attached hydrogens (tertiary/aromatic N) is 2. The Bertz CT molecular complexity index is 1190. The predicted octanol–water partition coefficient (Wildman–Crippen LogP) is 5.04. The van der Waals surface area contributed by atoms with Crippen LogP contribution in [-0.2, 0) is 11.4 Å². The van der Waals surface area contributed by atoms with Gasteiger partial charge in [0.05, 0.1) is 23.0 Å². The van der Waals surface area contributed by atoms with Crippen LogP contribution in [0, 0.1) is 0 Å². The summed E-state index contributed by atoms with van der Waals surface area (Å²) in [6.07, 6.45) is 1.58. The second-order valence-electron chi connectivity index (χ2n) is 6.63. The molecule has 4 rings (SSSR count). The Balaban J connectivity index is 1.26. The lowest BCUT2D eigenvalue weighted by atomic mass is 10.2. The molecule has 0 aliphatic rings. The molecule has 156 valence electrons. The van der Waals surface area contributed by atoms with Crippen LogP contribution in [0.3, 0.4) is 0 Å². The van der Waals surface area contributed by atoms with Crippen molar-refractivity contribution in [2.45, 2.75) is 11.8 Å². The highest BCUT2D eigenvalue weighted by Crippen LogP contribution is 2.19. The fraction of sp³-hybridized carbons (Fsp3) is 0.0870. The lowest BCUT2D eigenvalue weighted by molar-refractivity contribution is -0.118. The van der Waals surface area contributed by atoms with E-state index in [0.29, 0.717) is 22.5 Å². The standard InChI is InChI=1S/C23H19ClN4O2S/c24-18-7-3-6-17(11-18)14-30-19-8-4-5-16(12-19)13-25-28-22(29)15-31-23-26-20-9-1-2-10-21(20)27-23/h1-13H,14-15H2,(H,26,27)(H,28,29)/b25-13+. The van der Waals surface area contributed by atoms with Crippen LogP contribution in [0.4, 0.5) is 0 Å². The third kappa shape index (κ3) is 6.10. The molecule has 1 aromatic heterocycles. The number of imidazole rings is 1. The molecule has 0 aliphatic heterocycles. The smallest absolute Gasteiger partial charge is 0.250 e. The maximum Gasteiger partial charge on any atom is 0.250 e. The maximum atomic E-state index is 12.1. The highest BCUT2D eigenvalue weighted by Gasteiger charge is 2.06. The molecule has 0 aliphatic carbocycles. The van der Waals surface area contributed by atoms with Gasteiger partial charge in [0.2, 0.25) is 0 Å². The summed E-state index contributed by atoms with van der Waals surface area (Å²) in [6, 6.07) is 22.7. The first-order chi connectivity index (χ1) is 15.2. The van der Waals surface area contributed by atoms with E-state index >= 15 is 0 Å². The zero-order valence-electron chi connectivity index (χ0n) is 16.4. The van der Waals surface area contributed by atoms with Crippen molar-refractivity contribution in [3.05, 3.63) is 88.9 Å². The van der Waals surface area contributed by atoms with E-state index in [-0.39, 0.29) is 11.7 Å². The fourth-order valence-corrected chi connectivity index (χ4v) is 3.71. The largest absolute Gasteiger partial charge is 0.489 e. The van der Waals surface area contributed by atoms with Gasteiger partial charge in [0.1, 0.15) is 12.4 Å². The molecule has 0 spiro atoms. The number of benzene rings is 3. The molecule has 1 amide bonds. The number of hydrazone groups is 1. The second kappa shape index (κ2) is 10.1. The summed E-state index contributed by atoms with van der Waals surface area (Å²) >= 11 is 7.32. The summed E-state index contributed by atoms with van der Waals surface area (Å²) in [6.45, 7) is 0.414. The third-order valence-electron chi connectivity index (χ3n) is 4.26. The Morgan fingerprint density at radius 1 is 1.13 bits per heavy atom. The van der Waals surface area contributed by atoms with E-state index < -0.39 is 0 Å². The molecule has 0 radical (unpaired) electrons. The molecule has 3 aromatic carbocycles. The molecular formula is C23H19ClN4O2S. The van der Waals surface area contributed by atoms with Gasteiger partial charge in [0.15, 0.2) is 5.16 Å². The quantitative estimate of drug-likeness (QED) is 0.224. The molecule has 6 nitrogen and oxygen atoms in total. The van der Waals surface area contributed by atoms with Crippen LogP contribution in [0.2, 0.25) is 5.02 Å². The first kappa shape index (κ1) is 21.0. The van der Waals surface area contributed by atoms with Crippen LogP contribution >= 0.6 is 23.4 Å². The van der Waals surface area contributed by atoms with Crippen LogP contribution in [0.25, 0.3) is 11.0 Å². The summed E-state index contributed by atoms with van der Waals surface area (Å²) in [4.78, 5) is 19.7. The number of ether oxygens (including phenoxy) is 1. The number of rotatable bonds is 8. The van der Waals surface area contributed by atoms with Gasteiger partial charge in [-0.15, -0.1) is 0 Å². The summed E-state index contributed by atoms with van der Waals surface area (Å²) in [5.74, 6) is 0.700. The molecule has 4 aromatic rings. The van der Waals surface area contributed by atoms with Gasteiger partial charge < -0.3 is 9.72 Å². The second-order valence-corrected chi connectivity index (χ2v) is 8.03. The van der Waals surface area contributed by atoms with Crippen LogP contribution in [0.1, 0.15) is 11.1 Å². The number of aromatic amines is 1. The Morgan fingerprint density at radius 2 is 2.00 bits per heavy atom. The summed E-state index contributed by atoms with van der Waals surface area (Å²) in [5.41, 5.74) is 6.15. The molecule has 0 unspecified atom stereocenters. The number of thioether (sulfide) groups is 1. The van der Waals surface area contributed by atoms with Gasteiger partial charge in [-0.3, -0.25) is 4.79 Å². The molecule has 0 bridgehead atoms. The number of para-hydroxylation sites is 2. The number of hydrogen-bond acceptors (Lipinski definition) is 5. The average molecular weight is 451 g/mol. The highest BCUT2D eigenvalue weighted by molar-refractivity contribution is 7.99. The van der Waals surface area contributed by atoms with Crippen molar-refractivity contribution < 1.29 is 9.53 Å². The van der Waals surface area contributed by atoms with Gasteiger partial charge >= 0.3 is 0 Å². The van der Waals surface area contributed by atoms with Crippen LogP contribution in [-0.4, -0.2) is 27.8 Å². The normalized spacial score (nSPS) is 11.1. The number of fused-ring (bicyclic) bond motifs is 1. The van der Waals surface area contributed by atoms with E-state index in [2.05, 4.69) is 20.5 Å². The van der Waals surface area contributed by atoms with Crippen molar-refractivity contribution >= 4 is 46.5 Å². The Hall–Kier alpha value is -3.29. The van der Waals surface area contributed by atoms with Crippen molar-refractivity contribution in [3.8, 4) is 5.75 Å². The van der Waals surface area contributed by atoms with Crippen molar-refractivity contribution in [1.29, 1.82) is 0 Å². The lowest BCUT2D eigenvalue weighted by Gasteiger charge is -2.07. The van der Waals surface area contributed by atoms with Crippen LogP contribution < -0.4 is 10.2 Å². The zero-order chi connectivity index (χ0) is 21.5. The molecule has 8 heteroatoms. The van der Waals surface area contributed by atoms with Crippen LogP contribution in [0.5, 0.6) is 5.75 Å². The summed E-state index contributed by atoms with van der Waals surface area (Å²) < 4.78 is 5.81. The topological polar surface area (TPSA) is 79.4 Å². The first-order valence-corrected chi connectivity index (χ1v) is 10.9. The number of aromatic nitrogens is 2. The van der Waals surface area contributed by atoms with E-state index in [0.717, 1.165) is 22.2 Å². The van der Waals surface area contributed by atoms with Crippen LogP contribution in [0.15, 0.2) is 83.1 Å². The molecule has 1 heterocycles. The number of carbonyl (C=O) groups excluding carboxylic acids is 1. The monoisotopic (exact) mass is 450 g/mol. The minimum absolute atomic E-state index is 0.208. The van der Waals surface area contributed by atoms with E-state index in [1.807, 2.05) is 72.8 Å². The summed E-state index contributed by atoms with van der Waals surface area (Å²) in [5, 5.41) is 5.40. The van der Waals surface area contributed by atoms with Crippen molar-refractivity contribution in [3.63, 3.8) is 0 Å². The van der Waals surface area contributed by atoms with Gasteiger partial charge in [0, 0.05) is 5.02 Å². The molecular weight excluding hydrogens is 432 g/mol. The van der Waals surface area contributed by atoms with Gasteiger partial charge in [0.25, 0.3) is 5.91 Å². The number of nitrogens with one attached hydrogen (secondary N) is 2. The van der Waals surface area contributed by atoms with Gasteiger partial charge in [-0.1, -0.05) is 59.8 Å². The molecule has 0 saturated carbocycles. The Morgan fingerprint density at radius 3 is 2.87 bits per heavy atom. The van der Waals surface area contributed by atoms with E-state index in [4.69, 9.17) is 16.3 Å². The highest BCUT2D eigenvalue weighted by atomic mass is 35.5. The Kier molecular flexibility index (Phi) is 6.86. The van der Waals surface area contributed by atoms with Crippen molar-refractivity contribution in [1.82, 2.24) is 15.4 Å². The number of amides is 1. The van der Waals surface area contributed by atoms with Gasteiger partial charge in [-0.25, -0.2) is 10.4 Å². The minimum Gasteiger partial charge on any atom is -0.489 e. The number of halogens is 1. The molecule has 0 saturated heterocycles. The van der Waals surface area contributed by atoms with E-state index in [9.17, 15) is 4.79 Å². The molecule has 31 heavy (non-hydrogen) atoms. The predicted molar refractivity (Wildman–Crippen MR) is 125 cm³/mol. The fourth-order valence-electron chi connectivity index (χ4n) is 2.82. The molecule has 0 fully saturated rings. The SMILES string of the molecule is O=C(CSc1nc2ccccc2[nH]1)N/N=C/c1cccc(OCc2cccc(Cl)c2)c1. The molecule has 2 N–H and O–H groups in total. The summed E-state index contributed by atoms with van der Waals surface area (Å²) in [7, 11) is 0. The van der Waals surface area contributed by atoms with E-state index in [1.54, 1.807) is 6.21 Å². The van der Waals surface area contributed by atoms with Gasteiger partial charge in [-0.2, -0.15) is 5.10 Å². The van der Waals surface area contributed by atoms with E-state index in [1.165, 1.54) is 11.8 Å². The molecule has 0 atom stereocenters. The maximum absolute atomic E-state index is 12.1. The number of carbonyl (C=O) groups is 1. The zero-order valence-corrected chi connectivity index (χ0v) is 18.0. The Labute approximate surface area is 188 Å². The number of hydrogen-bond donors (Lipinski definition) is 2. The average Bonchev–Trinajstić information content (AvgIpc) is 3.20. The van der Waals surface area contributed by atoms with Gasteiger partial charge in [-0.05, 0) is 47.5 Å². The first-order valence-electron chi connectivity index (χ1n) is 9.52. The van der Waals surface area contributed by atoms with Crippen molar-refractivity contribution in [2.75, 3.05) is 5.75 Å². The third-order valence-corrected chi connectivity index (χ3v) is 5.37. The number of H-pyrrole nitrogens is 1. The van der Waals surface area contributed by atoms with Crippen molar-refractivity contribution in [2.24, 2.45) is 5.10 Å². The lowest BCUT2D eigenvalue weighted by Crippen LogP contribution is -2.19. The minimum atomic E-state index is -0.213.